The molecule has 4 rings (SSSR count). The van der Waals surface area contributed by atoms with Crippen LogP contribution in [0, 0.1) is 5.92 Å². The molecule has 0 aliphatic heterocycles. The summed E-state index contributed by atoms with van der Waals surface area (Å²) in [6, 6.07) is 9.56. The Bertz CT molecular complexity index is 916. The van der Waals surface area contributed by atoms with Gasteiger partial charge in [-0.25, -0.2) is 9.97 Å². The van der Waals surface area contributed by atoms with Crippen molar-refractivity contribution in [2.24, 2.45) is 5.92 Å². The molecular weight excluding hydrogens is 340 g/mol. The van der Waals surface area contributed by atoms with Crippen molar-refractivity contribution in [3.8, 4) is 11.6 Å². The molecule has 1 saturated carbocycles. The zero-order chi connectivity index (χ0) is 18.6. The minimum absolute atomic E-state index is 0.120. The summed E-state index contributed by atoms with van der Waals surface area (Å²) in [6.45, 7) is 2.10. The fraction of sp³-hybridized carbons (Fsp3) is 0.381. The topological polar surface area (TPSA) is 79.9 Å². The first kappa shape index (κ1) is 17.5. The van der Waals surface area contributed by atoms with E-state index in [0.29, 0.717) is 34.3 Å². The monoisotopic (exact) mass is 364 g/mol. The lowest BCUT2D eigenvalue weighted by Crippen LogP contribution is -2.38. The van der Waals surface area contributed by atoms with Crippen molar-refractivity contribution in [2.45, 2.75) is 45.1 Å². The molecule has 2 N–H and O–H groups in total. The molecule has 2 aromatic heterocycles. The van der Waals surface area contributed by atoms with Crippen molar-refractivity contribution in [1.82, 2.24) is 20.3 Å². The number of carbonyl (C=O) groups excluding carboxylic acids is 1. The number of nitrogens with zero attached hydrogens (tertiary/aromatic N) is 2. The zero-order valence-electron chi connectivity index (χ0n) is 15.4. The molecule has 1 amide bonds. The summed E-state index contributed by atoms with van der Waals surface area (Å²) in [5.74, 6) is 1.47. The van der Waals surface area contributed by atoms with Crippen LogP contribution in [0.1, 0.15) is 49.4 Å². The molecule has 0 radical (unpaired) electrons. The van der Waals surface area contributed by atoms with Crippen LogP contribution in [0.25, 0.3) is 11.2 Å². The highest BCUT2D eigenvalue weighted by atomic mass is 16.5. The number of rotatable bonds is 5. The number of amides is 1. The van der Waals surface area contributed by atoms with Crippen LogP contribution >= 0.6 is 0 Å². The second-order valence-electron chi connectivity index (χ2n) is 7.18. The maximum Gasteiger partial charge on any atom is 0.255 e. The Labute approximate surface area is 158 Å². The molecule has 1 unspecified atom stereocenters. The third kappa shape index (κ3) is 3.94. The molecule has 0 spiro atoms. The van der Waals surface area contributed by atoms with Crippen LogP contribution in [0.2, 0.25) is 0 Å². The lowest BCUT2D eigenvalue weighted by atomic mass is 9.84. The van der Waals surface area contributed by atoms with Crippen molar-refractivity contribution in [3.63, 3.8) is 0 Å². The molecule has 140 valence electrons. The van der Waals surface area contributed by atoms with Crippen LogP contribution in [0.15, 0.2) is 42.7 Å². The second-order valence-corrected chi connectivity index (χ2v) is 7.18. The van der Waals surface area contributed by atoms with Crippen LogP contribution in [0.4, 0.5) is 0 Å². The minimum Gasteiger partial charge on any atom is -0.437 e. The first-order chi connectivity index (χ1) is 13.2. The van der Waals surface area contributed by atoms with Crippen LogP contribution in [-0.2, 0) is 0 Å². The van der Waals surface area contributed by atoms with Gasteiger partial charge in [0.2, 0.25) is 5.88 Å². The summed E-state index contributed by atoms with van der Waals surface area (Å²) in [4.78, 5) is 24.6. The zero-order valence-corrected chi connectivity index (χ0v) is 15.4. The van der Waals surface area contributed by atoms with Gasteiger partial charge in [0.15, 0.2) is 5.65 Å². The number of H-pyrrole nitrogens is 1. The fourth-order valence-corrected chi connectivity index (χ4v) is 3.74. The van der Waals surface area contributed by atoms with Gasteiger partial charge in [0.05, 0.1) is 11.8 Å². The van der Waals surface area contributed by atoms with Crippen molar-refractivity contribution in [3.05, 3.63) is 48.3 Å². The number of para-hydroxylation sites is 1. The van der Waals surface area contributed by atoms with E-state index in [1.807, 2.05) is 30.3 Å². The second kappa shape index (κ2) is 7.78. The van der Waals surface area contributed by atoms with Gasteiger partial charge < -0.3 is 15.0 Å². The van der Waals surface area contributed by atoms with Crippen molar-refractivity contribution < 1.29 is 9.53 Å². The van der Waals surface area contributed by atoms with Crippen molar-refractivity contribution in [1.29, 1.82) is 0 Å². The number of aromatic nitrogens is 3. The molecule has 2 heterocycles. The average molecular weight is 364 g/mol. The quantitative estimate of drug-likeness (QED) is 0.701. The molecular formula is C21H24N4O2. The van der Waals surface area contributed by atoms with Gasteiger partial charge in [0, 0.05) is 12.2 Å². The van der Waals surface area contributed by atoms with Gasteiger partial charge >= 0.3 is 0 Å². The van der Waals surface area contributed by atoms with Crippen LogP contribution in [-0.4, -0.2) is 26.9 Å². The normalized spacial score (nSPS) is 16.2. The first-order valence-corrected chi connectivity index (χ1v) is 9.58. The smallest absolute Gasteiger partial charge is 0.255 e. The van der Waals surface area contributed by atoms with Crippen LogP contribution in [0.3, 0.4) is 0 Å². The molecule has 0 saturated heterocycles. The third-order valence-electron chi connectivity index (χ3n) is 5.28. The van der Waals surface area contributed by atoms with E-state index in [-0.39, 0.29) is 11.9 Å². The van der Waals surface area contributed by atoms with Gasteiger partial charge in [-0.2, -0.15) is 0 Å². The Hall–Kier alpha value is -2.89. The lowest BCUT2D eigenvalue weighted by molar-refractivity contribution is 0.0921. The lowest BCUT2D eigenvalue weighted by Gasteiger charge is -2.28. The van der Waals surface area contributed by atoms with Crippen LogP contribution < -0.4 is 10.1 Å². The predicted octanol–water partition coefficient (Wildman–Crippen LogP) is 4.45. The minimum atomic E-state index is -0.120. The summed E-state index contributed by atoms with van der Waals surface area (Å²) in [7, 11) is 0. The van der Waals surface area contributed by atoms with Crippen molar-refractivity contribution >= 4 is 17.1 Å². The standard InChI is InChI=1S/C21H24N4O2/c1-14(15-8-4-2-5-9-15)24-21(26)17-12-22-20-19(17)25-18(13-23-20)27-16-10-6-3-7-11-16/h3,6-7,10-15H,2,4-5,8-9H2,1H3,(H,22,23)(H,24,26). The number of benzene rings is 1. The Morgan fingerprint density at radius 3 is 2.78 bits per heavy atom. The highest BCUT2D eigenvalue weighted by Gasteiger charge is 2.23. The molecule has 1 fully saturated rings. The van der Waals surface area contributed by atoms with Crippen molar-refractivity contribution in [2.75, 3.05) is 0 Å². The first-order valence-electron chi connectivity index (χ1n) is 9.58. The largest absolute Gasteiger partial charge is 0.437 e. The average Bonchev–Trinajstić information content (AvgIpc) is 3.13. The number of hydrogen-bond donors (Lipinski definition) is 2. The Morgan fingerprint density at radius 1 is 1.22 bits per heavy atom. The van der Waals surface area contributed by atoms with E-state index in [1.165, 1.54) is 32.1 Å². The molecule has 1 aliphatic carbocycles. The maximum atomic E-state index is 12.8. The highest BCUT2D eigenvalue weighted by molar-refractivity contribution is 6.04. The molecule has 1 atom stereocenters. The molecule has 6 heteroatoms. The van der Waals surface area contributed by atoms with E-state index < -0.39 is 0 Å². The fourth-order valence-electron chi connectivity index (χ4n) is 3.74. The summed E-state index contributed by atoms with van der Waals surface area (Å²) < 4.78 is 5.75. The number of hydrogen-bond acceptors (Lipinski definition) is 4. The van der Waals surface area contributed by atoms with Gasteiger partial charge in [-0.05, 0) is 37.8 Å². The van der Waals surface area contributed by atoms with Gasteiger partial charge in [0.1, 0.15) is 11.3 Å². The predicted molar refractivity (Wildman–Crippen MR) is 104 cm³/mol. The van der Waals surface area contributed by atoms with Gasteiger partial charge in [-0.1, -0.05) is 37.5 Å². The summed E-state index contributed by atoms with van der Waals surface area (Å²) in [6.07, 6.45) is 9.40. The number of nitrogens with one attached hydrogen (secondary N) is 2. The van der Waals surface area contributed by atoms with Crippen LogP contribution in [0.5, 0.6) is 11.6 Å². The van der Waals surface area contributed by atoms with E-state index in [0.717, 1.165) is 0 Å². The van der Waals surface area contributed by atoms with E-state index in [9.17, 15) is 4.79 Å². The van der Waals surface area contributed by atoms with Gasteiger partial charge in [-0.3, -0.25) is 4.79 Å². The van der Waals surface area contributed by atoms with Gasteiger partial charge in [0.25, 0.3) is 5.91 Å². The Balaban J connectivity index is 1.52. The maximum absolute atomic E-state index is 12.8. The highest BCUT2D eigenvalue weighted by Crippen LogP contribution is 2.27. The van der Waals surface area contributed by atoms with E-state index in [1.54, 1.807) is 12.4 Å². The Kier molecular flexibility index (Phi) is 5.05. The summed E-state index contributed by atoms with van der Waals surface area (Å²) in [5, 5.41) is 3.15. The molecule has 27 heavy (non-hydrogen) atoms. The van der Waals surface area contributed by atoms with E-state index in [2.05, 4.69) is 27.2 Å². The van der Waals surface area contributed by atoms with E-state index >= 15 is 0 Å². The number of aromatic amines is 1. The SMILES string of the molecule is CC(NC(=O)c1c[nH]c2ncc(Oc3ccccc3)nc12)C1CCCCC1. The number of fused-ring (bicyclic) bond motifs is 1. The number of carbonyl (C=O) groups is 1. The van der Waals surface area contributed by atoms with Gasteiger partial charge in [-0.15, -0.1) is 0 Å². The van der Waals surface area contributed by atoms with E-state index in [4.69, 9.17) is 4.74 Å². The molecule has 1 aromatic carbocycles. The number of ether oxygens (including phenoxy) is 1. The molecule has 6 nitrogen and oxygen atoms in total. The molecule has 1 aliphatic rings. The molecule has 3 aromatic rings. The Morgan fingerprint density at radius 2 is 2.00 bits per heavy atom. The summed E-state index contributed by atoms with van der Waals surface area (Å²) in [5.41, 5.74) is 1.60. The third-order valence-corrected chi connectivity index (χ3v) is 5.28. The summed E-state index contributed by atoms with van der Waals surface area (Å²) >= 11 is 0. The molecule has 0 bridgehead atoms.